The molecule has 0 saturated carbocycles. The number of rotatable bonds is 8. The summed E-state index contributed by atoms with van der Waals surface area (Å²) in [6.45, 7) is 0. The summed E-state index contributed by atoms with van der Waals surface area (Å²) in [5.74, 6) is -1.13. The first-order valence-electron chi connectivity index (χ1n) is 12.7. The first-order chi connectivity index (χ1) is 21.5. The fraction of sp³-hybridized carbons (Fsp3) is 0.222. The zero-order chi connectivity index (χ0) is 35.5. The average Bonchev–Trinajstić information content (AvgIpc) is 3.35. The number of hydrogen-bond acceptors (Lipinski definition) is 8. The molecule has 1 aromatic heterocycles. The molecule has 0 saturated heterocycles. The van der Waals surface area contributed by atoms with E-state index in [0.717, 1.165) is 25.0 Å². The van der Waals surface area contributed by atoms with Gasteiger partial charge in [0.1, 0.15) is 5.69 Å². The molecule has 0 bridgehead atoms. The number of nitrogens with one attached hydrogen (secondary N) is 4. The number of nitrogen functional groups attached to an aromatic ring is 1. The van der Waals surface area contributed by atoms with Crippen LogP contribution in [0.25, 0.3) is 10.9 Å². The Kier molecular flexibility index (Phi) is 10.5. The highest BCUT2D eigenvalue weighted by Crippen LogP contribution is 2.42. The monoisotopic (exact) mass is 711 g/mol. The second kappa shape index (κ2) is 13.5. The number of aromatic nitrogens is 1. The number of methoxy groups -OCH3 is 2. The normalized spacial score (nSPS) is 12.1. The number of amides is 1. The van der Waals surface area contributed by atoms with Crippen LogP contribution in [0.1, 0.15) is 21.6 Å². The Morgan fingerprint density at radius 2 is 1.21 bits per heavy atom. The minimum absolute atomic E-state index is 0.114. The van der Waals surface area contributed by atoms with Crippen molar-refractivity contribution in [2.75, 3.05) is 47.2 Å². The molecule has 12 nitrogen and oxygen atoms in total. The summed E-state index contributed by atoms with van der Waals surface area (Å²) in [6, 6.07) is 11.2. The van der Waals surface area contributed by atoms with Crippen LogP contribution in [-0.2, 0) is 32.4 Å². The number of halogens is 6. The maximum Gasteiger partial charge on any atom is 0.416 e. The second-order valence-corrected chi connectivity index (χ2v) is 13.2. The van der Waals surface area contributed by atoms with Crippen LogP contribution in [0.15, 0.2) is 54.6 Å². The molecular formula is C27H27F6N5O7S2. The number of aromatic amines is 1. The molecule has 4 aromatic rings. The van der Waals surface area contributed by atoms with E-state index in [4.69, 9.17) is 15.2 Å². The lowest BCUT2D eigenvalue weighted by molar-refractivity contribution is -0.138. The molecule has 0 spiro atoms. The molecule has 0 radical (unpaired) electrons. The maximum atomic E-state index is 13.3. The number of anilines is 4. The third kappa shape index (κ3) is 9.82. The van der Waals surface area contributed by atoms with Crippen LogP contribution in [0.5, 0.6) is 11.5 Å². The summed E-state index contributed by atoms with van der Waals surface area (Å²) < 4.78 is 136. The van der Waals surface area contributed by atoms with Gasteiger partial charge in [-0.2, -0.15) is 26.3 Å². The molecule has 6 N–H and O–H groups in total. The summed E-state index contributed by atoms with van der Waals surface area (Å²) in [5, 5.41) is 3.09. The Hall–Kier alpha value is -4.85. The van der Waals surface area contributed by atoms with Gasteiger partial charge in [-0.3, -0.25) is 14.2 Å². The number of sulfonamides is 2. The molecule has 0 aliphatic heterocycles. The molecule has 0 atom stereocenters. The maximum absolute atomic E-state index is 13.3. The molecular weight excluding hydrogens is 684 g/mol. The first kappa shape index (κ1) is 36.6. The van der Waals surface area contributed by atoms with Crippen molar-refractivity contribution in [3.05, 3.63) is 71.4 Å². The highest BCUT2D eigenvalue weighted by atomic mass is 32.2. The Bertz CT molecular complexity index is 1980. The summed E-state index contributed by atoms with van der Waals surface area (Å²) >= 11 is 0. The van der Waals surface area contributed by atoms with E-state index in [-0.39, 0.29) is 34.3 Å². The minimum atomic E-state index is -4.78. The minimum Gasteiger partial charge on any atom is -0.492 e. The van der Waals surface area contributed by atoms with E-state index in [1.165, 1.54) is 7.11 Å². The quantitative estimate of drug-likeness (QED) is 0.118. The van der Waals surface area contributed by atoms with E-state index in [0.29, 0.717) is 29.8 Å². The lowest BCUT2D eigenvalue weighted by atomic mass is 10.1. The Labute approximate surface area is 264 Å². The van der Waals surface area contributed by atoms with Crippen LogP contribution in [0.2, 0.25) is 0 Å². The number of para-hydroxylation sites is 1. The molecule has 0 fully saturated rings. The van der Waals surface area contributed by atoms with Crippen molar-refractivity contribution in [2.24, 2.45) is 0 Å². The topological polar surface area (TPSA) is 182 Å². The van der Waals surface area contributed by atoms with Crippen molar-refractivity contribution in [2.45, 2.75) is 12.4 Å². The van der Waals surface area contributed by atoms with Crippen molar-refractivity contribution in [3.63, 3.8) is 0 Å². The van der Waals surface area contributed by atoms with E-state index in [1.54, 1.807) is 30.3 Å². The third-order valence-corrected chi connectivity index (χ3v) is 7.06. The van der Waals surface area contributed by atoms with Crippen LogP contribution in [0.4, 0.5) is 49.1 Å². The highest BCUT2D eigenvalue weighted by Gasteiger charge is 2.34. The molecule has 20 heteroatoms. The fourth-order valence-electron chi connectivity index (χ4n) is 4.08. The van der Waals surface area contributed by atoms with Crippen LogP contribution in [-0.4, -0.2) is 54.5 Å². The number of H-pyrrole nitrogens is 1. The Morgan fingerprint density at radius 1 is 0.745 bits per heavy atom. The van der Waals surface area contributed by atoms with Crippen molar-refractivity contribution in [1.82, 2.24) is 4.98 Å². The van der Waals surface area contributed by atoms with Gasteiger partial charge in [-0.25, -0.2) is 16.8 Å². The van der Waals surface area contributed by atoms with E-state index in [9.17, 15) is 48.0 Å². The molecule has 0 unspecified atom stereocenters. The SMILES string of the molecule is COc1c(N)cc(C(F)(F)F)cc1NS(C)(=O)=O.COc1c(NC(=O)c2cc3ccccc3[nH]2)cc(C(F)(F)F)cc1NS(C)(=O)=O. The predicted octanol–water partition coefficient (Wildman–Crippen LogP) is 5.49. The molecule has 0 aliphatic carbocycles. The Balaban J connectivity index is 0.000000287. The van der Waals surface area contributed by atoms with Gasteiger partial charge in [-0.15, -0.1) is 0 Å². The molecule has 0 aliphatic rings. The number of ether oxygens (including phenoxy) is 2. The van der Waals surface area contributed by atoms with Gasteiger partial charge in [-0.05, 0) is 36.4 Å². The van der Waals surface area contributed by atoms with E-state index < -0.39 is 55.1 Å². The smallest absolute Gasteiger partial charge is 0.416 e. The van der Waals surface area contributed by atoms with Crippen molar-refractivity contribution in [3.8, 4) is 11.5 Å². The highest BCUT2D eigenvalue weighted by molar-refractivity contribution is 7.92. The van der Waals surface area contributed by atoms with Crippen LogP contribution >= 0.6 is 0 Å². The number of carbonyl (C=O) groups is 1. The lowest BCUT2D eigenvalue weighted by Crippen LogP contribution is -2.17. The second-order valence-electron chi connectivity index (χ2n) is 9.72. The number of nitrogens with two attached hydrogens (primary N) is 1. The number of benzene rings is 3. The van der Waals surface area contributed by atoms with Gasteiger partial charge in [-0.1, -0.05) is 18.2 Å². The van der Waals surface area contributed by atoms with E-state index >= 15 is 0 Å². The molecule has 3 aromatic carbocycles. The average molecular weight is 712 g/mol. The summed E-state index contributed by atoms with van der Waals surface area (Å²) in [6.07, 6.45) is -7.81. The number of fused-ring (bicyclic) bond motifs is 1. The standard InChI is InChI=1S/C18H16F3N3O4S.C9H11F3N2O3S/c1-28-16-13(8-11(18(19,20)21)9-14(16)24-29(2,26)27)23-17(25)15-7-10-5-3-4-6-12(10)22-15;1-17-8-6(13)3-5(9(10,11)12)4-7(8)14-18(2,15)16/h3-9,22,24H,1-2H3,(H,23,25);3-4,14H,13H2,1-2H3. The van der Waals surface area contributed by atoms with Gasteiger partial charge < -0.3 is 25.5 Å². The number of hydrogen-bond donors (Lipinski definition) is 5. The molecule has 1 heterocycles. The van der Waals surface area contributed by atoms with Crippen molar-refractivity contribution < 1.29 is 57.4 Å². The van der Waals surface area contributed by atoms with Gasteiger partial charge in [0, 0.05) is 10.9 Å². The lowest BCUT2D eigenvalue weighted by Gasteiger charge is -2.18. The van der Waals surface area contributed by atoms with Crippen molar-refractivity contribution in [1.29, 1.82) is 0 Å². The van der Waals surface area contributed by atoms with Gasteiger partial charge in [0.15, 0.2) is 11.5 Å². The van der Waals surface area contributed by atoms with Gasteiger partial charge >= 0.3 is 12.4 Å². The Morgan fingerprint density at radius 3 is 1.68 bits per heavy atom. The zero-order valence-electron chi connectivity index (χ0n) is 24.7. The van der Waals surface area contributed by atoms with E-state index in [1.807, 2.05) is 9.44 Å². The molecule has 4 rings (SSSR count). The molecule has 47 heavy (non-hydrogen) atoms. The molecule has 1 amide bonds. The number of carbonyl (C=O) groups excluding carboxylic acids is 1. The van der Waals surface area contributed by atoms with Crippen molar-refractivity contribution >= 4 is 59.6 Å². The predicted molar refractivity (Wildman–Crippen MR) is 164 cm³/mol. The summed E-state index contributed by atoms with van der Waals surface area (Å²) in [4.78, 5) is 15.5. The van der Waals surface area contributed by atoms with Gasteiger partial charge in [0.05, 0.1) is 60.6 Å². The van der Waals surface area contributed by atoms with Gasteiger partial charge in [0.2, 0.25) is 20.0 Å². The zero-order valence-corrected chi connectivity index (χ0v) is 26.3. The van der Waals surface area contributed by atoms with E-state index in [2.05, 4.69) is 10.3 Å². The van der Waals surface area contributed by atoms with Crippen LogP contribution in [0.3, 0.4) is 0 Å². The fourth-order valence-corrected chi connectivity index (χ4v) is 5.19. The summed E-state index contributed by atoms with van der Waals surface area (Å²) in [7, 11) is -5.32. The molecule has 256 valence electrons. The van der Waals surface area contributed by atoms with Gasteiger partial charge in [0.25, 0.3) is 5.91 Å². The van der Waals surface area contributed by atoms with Crippen LogP contribution in [0, 0.1) is 0 Å². The van der Waals surface area contributed by atoms with Crippen LogP contribution < -0.4 is 30.0 Å². The summed E-state index contributed by atoms with van der Waals surface area (Å²) in [5.41, 5.74) is 2.51. The third-order valence-electron chi connectivity index (χ3n) is 5.88. The largest absolute Gasteiger partial charge is 0.492 e. The first-order valence-corrected chi connectivity index (χ1v) is 16.5. The number of alkyl halides is 6.